The second-order valence-corrected chi connectivity index (χ2v) is 5.39. The first kappa shape index (κ1) is 18.8. The Hall–Kier alpha value is -1.16. The first-order valence-corrected chi connectivity index (χ1v) is 7.36. The van der Waals surface area contributed by atoms with Crippen LogP contribution in [0.4, 0.5) is 0 Å². The second kappa shape index (κ2) is 8.90. The molecule has 0 unspecified atom stereocenters. The highest BCUT2D eigenvalue weighted by Gasteiger charge is 2.25. The van der Waals surface area contributed by atoms with Crippen LogP contribution in [0.1, 0.15) is 23.7 Å². The molecule has 0 saturated carbocycles. The van der Waals surface area contributed by atoms with E-state index in [0.29, 0.717) is 13.0 Å². The lowest BCUT2D eigenvalue weighted by Crippen LogP contribution is -2.28. The van der Waals surface area contributed by atoms with E-state index in [0.717, 1.165) is 6.20 Å². The van der Waals surface area contributed by atoms with Gasteiger partial charge >= 0.3 is 5.97 Å². The van der Waals surface area contributed by atoms with Crippen molar-refractivity contribution in [1.82, 2.24) is 20.2 Å². The summed E-state index contributed by atoms with van der Waals surface area (Å²) in [7, 11) is -2.01. The minimum atomic E-state index is -3.79. The van der Waals surface area contributed by atoms with Crippen LogP contribution in [0.2, 0.25) is 0 Å². The van der Waals surface area contributed by atoms with Crippen molar-refractivity contribution in [3.63, 3.8) is 0 Å². The van der Waals surface area contributed by atoms with Crippen LogP contribution in [0.3, 0.4) is 0 Å². The summed E-state index contributed by atoms with van der Waals surface area (Å²) in [4.78, 5) is 11.6. The molecule has 10 heteroatoms. The molecular weight excluding hydrogens is 308 g/mol. The number of rotatable bonds is 8. The fraction of sp³-hybridized carbons (Fsp3) is 0.600. The lowest BCUT2D eigenvalue weighted by Gasteiger charge is -2.06. The summed E-state index contributed by atoms with van der Waals surface area (Å²) in [6.45, 7) is 2.77. The summed E-state index contributed by atoms with van der Waals surface area (Å²) in [5.74, 6) is -0.716. The summed E-state index contributed by atoms with van der Waals surface area (Å²) < 4.78 is 31.1. The Kier molecular flexibility index (Phi) is 8.39. The first-order chi connectivity index (χ1) is 9.03. The molecule has 0 amide bonds. The standard InChI is InChI=1S/C10H18N4O4S.ClH/c1-3-18-10(15)8-7-12-14-9(8)19(16,17)13-6-4-5-11-2;/h7,11,13H,3-6H2,1-2H3,(H,12,14);1H. The van der Waals surface area contributed by atoms with Gasteiger partial charge in [0.15, 0.2) is 5.03 Å². The van der Waals surface area contributed by atoms with Crippen LogP contribution in [0.15, 0.2) is 11.2 Å². The van der Waals surface area contributed by atoms with Gasteiger partial charge in [0.1, 0.15) is 5.56 Å². The third kappa shape index (κ3) is 5.08. The molecule has 3 N–H and O–H groups in total. The van der Waals surface area contributed by atoms with Crippen molar-refractivity contribution >= 4 is 28.4 Å². The maximum Gasteiger partial charge on any atom is 0.342 e. The molecule has 116 valence electrons. The highest BCUT2D eigenvalue weighted by Crippen LogP contribution is 2.12. The van der Waals surface area contributed by atoms with E-state index >= 15 is 0 Å². The molecule has 0 aliphatic heterocycles. The fourth-order valence-corrected chi connectivity index (χ4v) is 2.53. The Balaban J connectivity index is 0.00000361. The van der Waals surface area contributed by atoms with Gasteiger partial charge in [0, 0.05) is 6.54 Å². The van der Waals surface area contributed by atoms with Gasteiger partial charge in [-0.05, 0) is 26.9 Å². The van der Waals surface area contributed by atoms with E-state index < -0.39 is 16.0 Å². The molecule has 0 aromatic carbocycles. The van der Waals surface area contributed by atoms with Gasteiger partial charge in [-0.2, -0.15) is 5.10 Å². The monoisotopic (exact) mass is 326 g/mol. The Morgan fingerprint density at radius 3 is 2.75 bits per heavy atom. The lowest BCUT2D eigenvalue weighted by atomic mass is 10.4. The van der Waals surface area contributed by atoms with E-state index in [-0.39, 0.29) is 36.1 Å². The molecule has 20 heavy (non-hydrogen) atoms. The van der Waals surface area contributed by atoms with Gasteiger partial charge in [-0.25, -0.2) is 17.9 Å². The van der Waals surface area contributed by atoms with Crippen molar-refractivity contribution in [3.8, 4) is 0 Å². The summed E-state index contributed by atoms with van der Waals surface area (Å²) in [5.41, 5.74) is -0.0945. The van der Waals surface area contributed by atoms with Crippen molar-refractivity contribution in [2.24, 2.45) is 0 Å². The third-order valence-electron chi connectivity index (χ3n) is 2.26. The normalized spacial score (nSPS) is 10.9. The van der Waals surface area contributed by atoms with E-state index in [1.807, 2.05) is 0 Å². The number of H-pyrrole nitrogens is 1. The van der Waals surface area contributed by atoms with E-state index in [2.05, 4.69) is 20.2 Å². The molecule has 8 nitrogen and oxygen atoms in total. The van der Waals surface area contributed by atoms with Crippen molar-refractivity contribution in [1.29, 1.82) is 0 Å². The van der Waals surface area contributed by atoms with Crippen LogP contribution < -0.4 is 10.0 Å². The number of aromatic amines is 1. The Morgan fingerprint density at radius 2 is 2.15 bits per heavy atom. The number of nitrogens with zero attached hydrogens (tertiary/aromatic N) is 1. The first-order valence-electron chi connectivity index (χ1n) is 5.87. The van der Waals surface area contributed by atoms with Crippen LogP contribution >= 0.6 is 12.4 Å². The third-order valence-corrected chi connectivity index (χ3v) is 3.70. The number of halogens is 1. The smallest absolute Gasteiger partial charge is 0.342 e. The summed E-state index contributed by atoms with van der Waals surface area (Å²) in [6.07, 6.45) is 1.78. The van der Waals surface area contributed by atoms with E-state index in [4.69, 9.17) is 4.74 Å². The summed E-state index contributed by atoms with van der Waals surface area (Å²) >= 11 is 0. The predicted octanol–water partition coefficient (Wildman–Crippen LogP) is -0.104. The zero-order valence-corrected chi connectivity index (χ0v) is 12.9. The van der Waals surface area contributed by atoms with Gasteiger partial charge in [-0.3, -0.25) is 5.10 Å². The molecule has 0 spiro atoms. The van der Waals surface area contributed by atoms with E-state index in [9.17, 15) is 13.2 Å². The van der Waals surface area contributed by atoms with Gasteiger partial charge in [0.05, 0.1) is 12.8 Å². The molecule has 0 aliphatic rings. The van der Waals surface area contributed by atoms with Crippen LogP contribution in [0.5, 0.6) is 0 Å². The number of carbonyl (C=O) groups excluding carboxylic acids is 1. The molecule has 0 radical (unpaired) electrons. The highest BCUT2D eigenvalue weighted by atomic mass is 35.5. The van der Waals surface area contributed by atoms with Crippen LogP contribution in [0, 0.1) is 0 Å². The molecule has 0 aliphatic carbocycles. The minimum Gasteiger partial charge on any atom is -0.462 e. The summed E-state index contributed by atoms with van der Waals surface area (Å²) in [5, 5.41) is 8.53. The Bertz CT molecular complexity index is 517. The SMILES string of the molecule is CCOC(=O)c1cn[nH]c1S(=O)(=O)NCCCNC.Cl. The molecule has 1 aromatic heterocycles. The maximum absolute atomic E-state index is 12.0. The van der Waals surface area contributed by atoms with Gasteiger partial charge in [0.25, 0.3) is 10.0 Å². The molecule has 0 bridgehead atoms. The van der Waals surface area contributed by atoms with E-state index in [1.165, 1.54) is 0 Å². The minimum absolute atomic E-state index is 0. The summed E-state index contributed by atoms with van der Waals surface area (Å²) in [6, 6.07) is 0. The molecule has 1 heterocycles. The van der Waals surface area contributed by atoms with Crippen molar-refractivity contribution < 1.29 is 17.9 Å². The average molecular weight is 327 g/mol. The van der Waals surface area contributed by atoms with Crippen molar-refractivity contribution in [3.05, 3.63) is 11.8 Å². The predicted molar refractivity (Wildman–Crippen MR) is 75.5 cm³/mol. The molecule has 1 aromatic rings. The van der Waals surface area contributed by atoms with Gasteiger partial charge in [0.2, 0.25) is 0 Å². The quantitative estimate of drug-likeness (QED) is 0.454. The molecule has 0 saturated heterocycles. The molecule has 0 fully saturated rings. The van der Waals surface area contributed by atoms with Crippen LogP contribution in [0.25, 0.3) is 0 Å². The fourth-order valence-electron chi connectivity index (χ4n) is 1.38. The molecule has 1 rings (SSSR count). The maximum atomic E-state index is 12.0. The largest absolute Gasteiger partial charge is 0.462 e. The number of nitrogens with one attached hydrogen (secondary N) is 3. The van der Waals surface area contributed by atoms with Crippen LogP contribution in [-0.2, 0) is 14.8 Å². The zero-order valence-electron chi connectivity index (χ0n) is 11.3. The number of sulfonamides is 1. The number of carbonyl (C=O) groups is 1. The van der Waals surface area contributed by atoms with Crippen molar-refractivity contribution in [2.45, 2.75) is 18.4 Å². The number of hydrogen-bond donors (Lipinski definition) is 3. The topological polar surface area (TPSA) is 113 Å². The average Bonchev–Trinajstić information content (AvgIpc) is 2.85. The van der Waals surface area contributed by atoms with Gasteiger partial charge in [-0.15, -0.1) is 12.4 Å². The Morgan fingerprint density at radius 1 is 1.45 bits per heavy atom. The molecule has 0 atom stereocenters. The number of esters is 1. The molecular formula is C10H19ClN4O4S. The van der Waals surface area contributed by atoms with Crippen LogP contribution in [-0.4, -0.2) is 51.3 Å². The Labute approximate surface area is 124 Å². The second-order valence-electron chi connectivity index (χ2n) is 3.69. The number of ether oxygens (including phenoxy) is 1. The highest BCUT2D eigenvalue weighted by molar-refractivity contribution is 7.89. The number of hydrogen-bond acceptors (Lipinski definition) is 6. The zero-order chi connectivity index (χ0) is 14.3. The lowest BCUT2D eigenvalue weighted by molar-refractivity contribution is 0.0522. The van der Waals surface area contributed by atoms with E-state index in [1.54, 1.807) is 14.0 Å². The number of aromatic nitrogens is 2. The van der Waals surface area contributed by atoms with Gasteiger partial charge in [-0.1, -0.05) is 0 Å². The van der Waals surface area contributed by atoms with Gasteiger partial charge < -0.3 is 10.1 Å². The van der Waals surface area contributed by atoms with Crippen molar-refractivity contribution in [2.75, 3.05) is 26.7 Å².